The highest BCUT2D eigenvalue weighted by Crippen LogP contribution is 2.55. The third-order valence-corrected chi connectivity index (χ3v) is 7.22. The van der Waals surface area contributed by atoms with Gasteiger partial charge in [-0.15, -0.1) is 0 Å². The van der Waals surface area contributed by atoms with Crippen LogP contribution in [0.15, 0.2) is 60.9 Å². The third-order valence-electron chi connectivity index (χ3n) is 7.22. The van der Waals surface area contributed by atoms with E-state index < -0.39 is 5.60 Å². The normalized spacial score (nSPS) is 16.7. The van der Waals surface area contributed by atoms with E-state index >= 15 is 0 Å². The van der Waals surface area contributed by atoms with Crippen LogP contribution in [0.5, 0.6) is 11.5 Å². The van der Waals surface area contributed by atoms with Crippen LogP contribution < -0.4 is 10.1 Å². The molecule has 1 aliphatic carbocycles. The van der Waals surface area contributed by atoms with Crippen LogP contribution >= 0.6 is 0 Å². The van der Waals surface area contributed by atoms with Crippen molar-refractivity contribution in [1.82, 2.24) is 24.6 Å². The monoisotopic (exact) mass is 512 g/mol. The van der Waals surface area contributed by atoms with Crippen LogP contribution in [0, 0.1) is 5.41 Å². The standard InChI is InChI=1S/C29H32N6O3/c1-28(2,3)38-27(36)34-16-29(17-34)14-20(15-29)35-26-23(25(30-4)31-18-32-26)24(33-35)19-10-12-22(13-11-19)37-21-8-6-5-7-9-21/h5-13,18,20H,14-17H2,1-4H3,(H,30,31,32). The SMILES string of the molecule is CNc1ncnc2c1c(-c1ccc(Oc3ccccc3)cc1)nn2C1CC2(C1)CN(C(=O)OC(C)(C)C)C2. The minimum Gasteiger partial charge on any atom is -0.457 e. The Morgan fingerprint density at radius 2 is 1.68 bits per heavy atom. The van der Waals surface area contributed by atoms with Gasteiger partial charge in [-0.3, -0.25) is 0 Å². The summed E-state index contributed by atoms with van der Waals surface area (Å²) < 4.78 is 13.5. The first-order valence-electron chi connectivity index (χ1n) is 13.0. The maximum absolute atomic E-state index is 12.4. The van der Waals surface area contributed by atoms with E-state index in [1.54, 1.807) is 11.2 Å². The van der Waals surface area contributed by atoms with E-state index in [-0.39, 0.29) is 17.6 Å². The number of aromatic nitrogens is 4. The van der Waals surface area contributed by atoms with Gasteiger partial charge in [0.15, 0.2) is 5.65 Å². The summed E-state index contributed by atoms with van der Waals surface area (Å²) in [7, 11) is 1.86. The maximum atomic E-state index is 12.4. The highest BCUT2D eigenvalue weighted by molar-refractivity contribution is 5.99. The molecule has 38 heavy (non-hydrogen) atoms. The number of para-hydroxylation sites is 1. The second kappa shape index (κ2) is 9.01. The molecule has 2 aliphatic rings. The van der Waals surface area contributed by atoms with Crippen molar-refractivity contribution < 1.29 is 14.3 Å². The molecule has 1 saturated carbocycles. The summed E-state index contributed by atoms with van der Waals surface area (Å²) in [6, 6.07) is 17.9. The zero-order chi connectivity index (χ0) is 26.5. The summed E-state index contributed by atoms with van der Waals surface area (Å²) in [6.07, 6.45) is 3.25. The van der Waals surface area contributed by atoms with E-state index in [0.29, 0.717) is 0 Å². The summed E-state index contributed by atoms with van der Waals surface area (Å²) in [6.45, 7) is 7.14. The van der Waals surface area contributed by atoms with Crippen LogP contribution in [-0.2, 0) is 4.74 Å². The summed E-state index contributed by atoms with van der Waals surface area (Å²) >= 11 is 0. The Labute approximate surface area is 221 Å². The number of hydrogen-bond acceptors (Lipinski definition) is 7. The molecule has 9 nitrogen and oxygen atoms in total. The van der Waals surface area contributed by atoms with Gasteiger partial charge in [-0.25, -0.2) is 19.4 Å². The molecule has 6 rings (SSSR count). The number of carbonyl (C=O) groups is 1. The minimum atomic E-state index is -0.483. The topological polar surface area (TPSA) is 94.4 Å². The van der Waals surface area contributed by atoms with E-state index in [1.807, 2.05) is 87.1 Å². The molecule has 1 saturated heterocycles. The highest BCUT2D eigenvalue weighted by Gasteiger charge is 2.55. The van der Waals surface area contributed by atoms with Crippen molar-refractivity contribution >= 4 is 22.9 Å². The molecule has 1 amide bonds. The van der Waals surface area contributed by atoms with Crippen molar-refractivity contribution in [2.24, 2.45) is 5.41 Å². The Hall–Kier alpha value is -4.14. The number of nitrogens with one attached hydrogen (secondary N) is 1. The number of anilines is 1. The van der Waals surface area contributed by atoms with E-state index in [0.717, 1.165) is 65.5 Å². The van der Waals surface area contributed by atoms with Gasteiger partial charge in [0.2, 0.25) is 0 Å². The van der Waals surface area contributed by atoms with Gasteiger partial charge in [0.05, 0.1) is 11.4 Å². The average Bonchev–Trinajstić information content (AvgIpc) is 3.22. The lowest BCUT2D eigenvalue weighted by molar-refractivity contribution is -0.0920. The lowest BCUT2D eigenvalue weighted by atomic mass is 9.61. The molecule has 3 heterocycles. The number of hydrogen-bond donors (Lipinski definition) is 1. The summed E-state index contributed by atoms with van der Waals surface area (Å²) in [5, 5.41) is 9.16. The molecule has 0 radical (unpaired) electrons. The molecule has 0 unspecified atom stereocenters. The Morgan fingerprint density at radius 1 is 1.00 bits per heavy atom. The molecular formula is C29H32N6O3. The lowest BCUT2D eigenvalue weighted by Crippen LogP contribution is -2.64. The number of fused-ring (bicyclic) bond motifs is 1. The van der Waals surface area contributed by atoms with Crippen molar-refractivity contribution in [2.45, 2.75) is 45.3 Å². The number of carbonyl (C=O) groups excluding carboxylic acids is 1. The first-order chi connectivity index (χ1) is 18.2. The van der Waals surface area contributed by atoms with Gasteiger partial charge < -0.3 is 19.7 Å². The predicted molar refractivity (Wildman–Crippen MR) is 145 cm³/mol. The number of nitrogens with zero attached hydrogens (tertiary/aromatic N) is 5. The zero-order valence-corrected chi connectivity index (χ0v) is 22.1. The second-order valence-electron chi connectivity index (χ2n) is 11.3. The molecule has 4 aromatic rings. The second-order valence-corrected chi connectivity index (χ2v) is 11.3. The van der Waals surface area contributed by atoms with E-state index in [2.05, 4.69) is 15.3 Å². The van der Waals surface area contributed by atoms with Gasteiger partial charge in [-0.1, -0.05) is 18.2 Å². The summed E-state index contributed by atoms with van der Waals surface area (Å²) in [5.74, 6) is 2.30. The largest absolute Gasteiger partial charge is 0.457 e. The van der Waals surface area contributed by atoms with E-state index in [4.69, 9.17) is 14.6 Å². The average molecular weight is 513 g/mol. The fraction of sp³-hybridized carbons (Fsp3) is 0.379. The van der Waals surface area contributed by atoms with Gasteiger partial charge in [0.25, 0.3) is 0 Å². The van der Waals surface area contributed by atoms with Crippen LogP contribution in [0.25, 0.3) is 22.3 Å². The molecule has 2 aromatic carbocycles. The molecular weight excluding hydrogens is 480 g/mol. The Balaban J connectivity index is 1.23. The van der Waals surface area contributed by atoms with Crippen molar-refractivity contribution in [2.75, 3.05) is 25.5 Å². The molecule has 196 valence electrons. The highest BCUT2D eigenvalue weighted by atomic mass is 16.6. The van der Waals surface area contributed by atoms with Gasteiger partial charge in [0, 0.05) is 31.1 Å². The predicted octanol–water partition coefficient (Wildman–Crippen LogP) is 5.90. The number of likely N-dealkylation sites (tertiary alicyclic amines) is 1. The number of benzene rings is 2. The fourth-order valence-electron chi connectivity index (χ4n) is 5.51. The van der Waals surface area contributed by atoms with Crippen LogP contribution in [0.2, 0.25) is 0 Å². The molecule has 0 bridgehead atoms. The van der Waals surface area contributed by atoms with Crippen LogP contribution in [0.4, 0.5) is 10.6 Å². The summed E-state index contributed by atoms with van der Waals surface area (Å²) in [4.78, 5) is 23.3. The number of ether oxygens (including phenoxy) is 2. The number of amides is 1. The molecule has 1 N–H and O–H groups in total. The molecule has 0 atom stereocenters. The van der Waals surface area contributed by atoms with Crippen molar-refractivity contribution in [3.63, 3.8) is 0 Å². The van der Waals surface area contributed by atoms with Crippen LogP contribution in [0.1, 0.15) is 39.7 Å². The maximum Gasteiger partial charge on any atom is 0.410 e. The molecule has 2 fully saturated rings. The van der Waals surface area contributed by atoms with E-state index in [9.17, 15) is 4.79 Å². The summed E-state index contributed by atoms with van der Waals surface area (Å²) in [5.41, 5.74) is 2.26. The molecule has 9 heteroatoms. The van der Waals surface area contributed by atoms with Gasteiger partial charge in [0.1, 0.15) is 34.9 Å². The van der Waals surface area contributed by atoms with Gasteiger partial charge in [-0.05, 0) is 70.0 Å². The van der Waals surface area contributed by atoms with Crippen molar-refractivity contribution in [3.8, 4) is 22.8 Å². The Bertz CT molecular complexity index is 1460. The third kappa shape index (κ3) is 4.42. The molecule has 1 spiro atoms. The Morgan fingerprint density at radius 3 is 2.34 bits per heavy atom. The fourth-order valence-corrected chi connectivity index (χ4v) is 5.51. The van der Waals surface area contributed by atoms with Crippen LogP contribution in [0.3, 0.4) is 0 Å². The minimum absolute atomic E-state index is 0.134. The smallest absolute Gasteiger partial charge is 0.410 e. The quantitative estimate of drug-likeness (QED) is 0.356. The number of rotatable bonds is 5. The zero-order valence-electron chi connectivity index (χ0n) is 22.1. The van der Waals surface area contributed by atoms with E-state index in [1.165, 1.54) is 0 Å². The van der Waals surface area contributed by atoms with Crippen LogP contribution in [-0.4, -0.2) is 56.5 Å². The lowest BCUT2D eigenvalue weighted by Gasteiger charge is -2.58. The Kier molecular flexibility index (Phi) is 5.74. The van der Waals surface area contributed by atoms with Gasteiger partial charge >= 0.3 is 6.09 Å². The molecule has 1 aliphatic heterocycles. The van der Waals surface area contributed by atoms with Crippen molar-refractivity contribution in [1.29, 1.82) is 0 Å². The first kappa shape index (κ1) is 24.2. The first-order valence-corrected chi connectivity index (χ1v) is 13.0. The van der Waals surface area contributed by atoms with Crippen molar-refractivity contribution in [3.05, 3.63) is 60.9 Å². The van der Waals surface area contributed by atoms with Gasteiger partial charge in [-0.2, -0.15) is 5.10 Å². The molecule has 2 aromatic heterocycles.